The van der Waals surface area contributed by atoms with Crippen LogP contribution >= 0.6 is 0 Å². The molecule has 0 aliphatic rings. The largest absolute Gasteiger partial charge is 0.494 e. The highest BCUT2D eigenvalue weighted by Gasteiger charge is 2.06. The predicted molar refractivity (Wildman–Crippen MR) is 72.4 cm³/mol. The summed E-state index contributed by atoms with van der Waals surface area (Å²) in [6.45, 7) is 2.08. The second-order valence-electron chi connectivity index (χ2n) is 4.31. The number of aryl methyl sites for hydroxylation is 1. The first-order chi connectivity index (χ1) is 8.78. The topological polar surface area (TPSA) is 27.1 Å². The highest BCUT2D eigenvalue weighted by molar-refractivity contribution is 5.84. The number of hydrogen-bond acceptors (Lipinski definition) is 2. The Balaban J connectivity index is 2.16. The first-order valence-corrected chi connectivity index (χ1v) is 5.87. The van der Waals surface area contributed by atoms with Gasteiger partial charge in [0.15, 0.2) is 0 Å². The molecule has 2 aromatic carbocycles. The van der Waals surface area contributed by atoms with Crippen LogP contribution in [0.1, 0.15) is 5.56 Å². The van der Waals surface area contributed by atoms with E-state index in [2.05, 4.69) is 36.3 Å². The van der Waals surface area contributed by atoms with E-state index in [1.807, 2.05) is 29.1 Å². The molecule has 0 aliphatic carbocycles. The molecule has 3 rings (SSSR count). The summed E-state index contributed by atoms with van der Waals surface area (Å²) >= 11 is 0. The van der Waals surface area contributed by atoms with Gasteiger partial charge in [-0.2, -0.15) is 5.10 Å². The summed E-state index contributed by atoms with van der Waals surface area (Å²) in [7, 11) is 1.67. The third kappa shape index (κ3) is 1.74. The van der Waals surface area contributed by atoms with Gasteiger partial charge in [-0.05, 0) is 25.1 Å². The van der Waals surface area contributed by atoms with Gasteiger partial charge in [-0.3, -0.25) is 0 Å². The van der Waals surface area contributed by atoms with Gasteiger partial charge >= 0.3 is 0 Å². The summed E-state index contributed by atoms with van der Waals surface area (Å²) in [5.41, 5.74) is 3.19. The summed E-state index contributed by atoms with van der Waals surface area (Å²) in [4.78, 5) is 0. The first kappa shape index (κ1) is 10.8. The molecule has 0 bridgehead atoms. The van der Waals surface area contributed by atoms with Crippen molar-refractivity contribution < 1.29 is 4.74 Å². The van der Waals surface area contributed by atoms with Crippen LogP contribution in [0.5, 0.6) is 5.75 Å². The maximum atomic E-state index is 5.32. The molecule has 3 heteroatoms. The van der Waals surface area contributed by atoms with Crippen molar-refractivity contribution in [2.45, 2.75) is 6.92 Å². The lowest BCUT2D eigenvalue weighted by molar-refractivity contribution is 0.418. The van der Waals surface area contributed by atoms with Gasteiger partial charge in [-0.15, -0.1) is 0 Å². The molecule has 3 aromatic rings. The van der Waals surface area contributed by atoms with E-state index in [0.717, 1.165) is 22.3 Å². The van der Waals surface area contributed by atoms with Crippen molar-refractivity contribution in [2.24, 2.45) is 0 Å². The van der Waals surface area contributed by atoms with Gasteiger partial charge in [0.05, 0.1) is 12.8 Å². The molecule has 0 saturated heterocycles. The number of hydrogen-bond donors (Lipinski definition) is 0. The molecule has 0 radical (unpaired) electrons. The number of fused-ring (bicyclic) bond motifs is 1. The summed E-state index contributed by atoms with van der Waals surface area (Å²) < 4.78 is 7.20. The highest BCUT2D eigenvalue weighted by atomic mass is 16.5. The summed E-state index contributed by atoms with van der Waals surface area (Å²) in [6.07, 6.45) is 2.02. The van der Waals surface area contributed by atoms with E-state index < -0.39 is 0 Å². The van der Waals surface area contributed by atoms with Gasteiger partial charge in [0.1, 0.15) is 11.3 Å². The zero-order valence-corrected chi connectivity index (χ0v) is 10.4. The molecule has 0 amide bonds. The molecular formula is C15H14N2O. The van der Waals surface area contributed by atoms with E-state index in [1.165, 1.54) is 5.56 Å². The number of ether oxygens (including phenoxy) is 1. The molecule has 0 atom stereocenters. The average molecular weight is 238 g/mol. The predicted octanol–water partition coefficient (Wildman–Crippen LogP) is 3.34. The lowest BCUT2D eigenvalue weighted by atomic mass is 10.2. The third-order valence-electron chi connectivity index (χ3n) is 3.02. The molecule has 0 N–H and O–H groups in total. The second-order valence-corrected chi connectivity index (χ2v) is 4.31. The first-order valence-electron chi connectivity index (χ1n) is 5.87. The fourth-order valence-electron chi connectivity index (χ4n) is 2.01. The Bertz CT molecular complexity index is 683. The van der Waals surface area contributed by atoms with Crippen LogP contribution in [0, 0.1) is 6.92 Å². The summed E-state index contributed by atoms with van der Waals surface area (Å²) in [5, 5.41) is 5.65. The monoisotopic (exact) mass is 238 g/mol. The molecule has 0 unspecified atom stereocenters. The maximum absolute atomic E-state index is 5.32. The van der Waals surface area contributed by atoms with Crippen molar-refractivity contribution in [2.75, 3.05) is 7.11 Å². The second kappa shape index (κ2) is 4.18. The van der Waals surface area contributed by atoms with E-state index in [-0.39, 0.29) is 0 Å². The van der Waals surface area contributed by atoms with Crippen LogP contribution in [0.4, 0.5) is 0 Å². The SMILES string of the molecule is COc1cccc2cn(-c3ccc(C)cc3)nc12. The lowest BCUT2D eigenvalue weighted by Crippen LogP contribution is -1.94. The molecule has 0 aliphatic heterocycles. The Kier molecular flexibility index (Phi) is 2.52. The van der Waals surface area contributed by atoms with Crippen LogP contribution in [0.2, 0.25) is 0 Å². The average Bonchev–Trinajstić information content (AvgIpc) is 2.83. The third-order valence-corrected chi connectivity index (χ3v) is 3.02. The minimum Gasteiger partial charge on any atom is -0.494 e. The molecular weight excluding hydrogens is 224 g/mol. The molecule has 0 saturated carbocycles. The fraction of sp³-hybridized carbons (Fsp3) is 0.133. The van der Waals surface area contributed by atoms with Gasteiger partial charge in [-0.1, -0.05) is 29.8 Å². The van der Waals surface area contributed by atoms with Crippen molar-refractivity contribution in [1.82, 2.24) is 9.78 Å². The minimum atomic E-state index is 0.804. The van der Waals surface area contributed by atoms with Crippen LogP contribution in [0.25, 0.3) is 16.6 Å². The zero-order chi connectivity index (χ0) is 12.5. The van der Waals surface area contributed by atoms with Crippen molar-refractivity contribution in [3.63, 3.8) is 0 Å². The Labute approximate surface area is 106 Å². The highest BCUT2D eigenvalue weighted by Crippen LogP contribution is 2.24. The number of nitrogens with zero attached hydrogens (tertiary/aromatic N) is 2. The van der Waals surface area contributed by atoms with Gasteiger partial charge in [0, 0.05) is 11.6 Å². The van der Waals surface area contributed by atoms with E-state index in [1.54, 1.807) is 7.11 Å². The van der Waals surface area contributed by atoms with Crippen molar-refractivity contribution in [3.8, 4) is 11.4 Å². The quantitative estimate of drug-likeness (QED) is 0.684. The number of rotatable bonds is 2. The van der Waals surface area contributed by atoms with Gasteiger partial charge in [0.25, 0.3) is 0 Å². The Morgan fingerprint density at radius 1 is 1.06 bits per heavy atom. The molecule has 0 spiro atoms. The van der Waals surface area contributed by atoms with E-state index in [4.69, 9.17) is 4.74 Å². The van der Waals surface area contributed by atoms with Crippen LogP contribution in [-0.4, -0.2) is 16.9 Å². The van der Waals surface area contributed by atoms with E-state index in [9.17, 15) is 0 Å². The van der Waals surface area contributed by atoms with Crippen LogP contribution in [-0.2, 0) is 0 Å². The standard InChI is InChI=1S/C15H14N2O/c1-11-6-8-13(9-7-11)17-10-12-4-3-5-14(18-2)15(12)16-17/h3-10H,1-2H3. The number of methoxy groups -OCH3 is 1. The number of benzene rings is 2. The fourth-order valence-corrected chi connectivity index (χ4v) is 2.01. The van der Waals surface area contributed by atoms with Crippen molar-refractivity contribution in [3.05, 3.63) is 54.2 Å². The molecule has 0 fully saturated rings. The zero-order valence-electron chi connectivity index (χ0n) is 10.4. The smallest absolute Gasteiger partial charge is 0.146 e. The van der Waals surface area contributed by atoms with Crippen LogP contribution in [0.15, 0.2) is 48.7 Å². The van der Waals surface area contributed by atoms with Crippen molar-refractivity contribution >= 4 is 10.9 Å². The summed E-state index contributed by atoms with van der Waals surface area (Å²) in [6, 6.07) is 14.2. The van der Waals surface area contributed by atoms with E-state index >= 15 is 0 Å². The Morgan fingerprint density at radius 2 is 1.83 bits per heavy atom. The molecule has 18 heavy (non-hydrogen) atoms. The van der Waals surface area contributed by atoms with Crippen LogP contribution < -0.4 is 4.74 Å². The summed E-state index contributed by atoms with van der Waals surface area (Å²) in [5.74, 6) is 0.804. The maximum Gasteiger partial charge on any atom is 0.146 e. The molecule has 1 aromatic heterocycles. The Morgan fingerprint density at radius 3 is 2.56 bits per heavy atom. The molecule has 90 valence electrons. The van der Waals surface area contributed by atoms with Crippen LogP contribution in [0.3, 0.4) is 0 Å². The number of aromatic nitrogens is 2. The normalized spacial score (nSPS) is 10.8. The van der Waals surface area contributed by atoms with Gasteiger partial charge in [-0.25, -0.2) is 4.68 Å². The minimum absolute atomic E-state index is 0.804. The van der Waals surface area contributed by atoms with Crippen molar-refractivity contribution in [1.29, 1.82) is 0 Å². The molecule has 1 heterocycles. The van der Waals surface area contributed by atoms with Gasteiger partial charge < -0.3 is 4.74 Å². The molecule has 3 nitrogen and oxygen atoms in total. The van der Waals surface area contributed by atoms with E-state index in [0.29, 0.717) is 0 Å². The van der Waals surface area contributed by atoms with Gasteiger partial charge in [0.2, 0.25) is 0 Å². The lowest BCUT2D eigenvalue weighted by Gasteiger charge is -2.01. The Hall–Kier alpha value is -2.29.